The van der Waals surface area contributed by atoms with Crippen LogP contribution in [0, 0.1) is 0 Å². The summed E-state index contributed by atoms with van der Waals surface area (Å²) in [6.07, 6.45) is 4.99. The molecule has 0 unspecified atom stereocenters. The van der Waals surface area contributed by atoms with Crippen LogP contribution >= 0.6 is 0 Å². The number of carbonyl (C=O) groups is 4. The van der Waals surface area contributed by atoms with Gasteiger partial charge in [0.05, 0.1) is 106 Å². The Morgan fingerprint density at radius 1 is 0.351 bits per heavy atom. The van der Waals surface area contributed by atoms with Crippen LogP contribution < -0.4 is 0 Å². The third kappa shape index (κ3) is 13.6. The Kier molecular flexibility index (Phi) is 16.2. The van der Waals surface area contributed by atoms with E-state index in [1.165, 1.54) is 24.3 Å². The Bertz CT molecular complexity index is 674. The molecular weight excluding hydrogens is 492 g/mol. The fraction of sp³-hybridized carbons (Fsp3) is 0.667. The maximum atomic E-state index is 11.4. The van der Waals surface area contributed by atoms with Crippen molar-refractivity contribution in [3.05, 3.63) is 24.3 Å². The van der Waals surface area contributed by atoms with Crippen LogP contribution in [0.3, 0.4) is 0 Å². The van der Waals surface area contributed by atoms with Crippen LogP contribution in [0.4, 0.5) is 0 Å². The predicted octanol–water partition coefficient (Wildman–Crippen LogP) is -1.05. The van der Waals surface area contributed by atoms with E-state index < -0.39 is 0 Å². The third-order valence-electron chi connectivity index (χ3n) is 4.95. The summed E-state index contributed by atoms with van der Waals surface area (Å²) in [4.78, 5) is 47.7. The number of nitrogens with zero attached hydrogens (tertiary/aromatic N) is 2. The number of carbonyl (C=O) groups excluding carboxylic acids is 4. The molecule has 2 heterocycles. The van der Waals surface area contributed by atoms with Gasteiger partial charge in [-0.15, -0.1) is 0 Å². The molecule has 13 heteroatoms. The lowest BCUT2D eigenvalue weighted by Crippen LogP contribution is -2.33. The second kappa shape index (κ2) is 19.6. The molecule has 208 valence electrons. The van der Waals surface area contributed by atoms with Crippen LogP contribution in [0.1, 0.15) is 0 Å². The predicted molar refractivity (Wildman–Crippen MR) is 127 cm³/mol. The standard InChI is InChI=1S/C24H36N2O11/c27-21-1-2-22(28)25(21)5-7-31-9-11-33-13-15-35-17-19-37-20-18-36-16-14-34-12-10-32-8-6-26-23(29)3-4-24(26)30/h1-4H,5-20H2. The Labute approximate surface area is 216 Å². The molecule has 0 atom stereocenters. The van der Waals surface area contributed by atoms with Crippen molar-refractivity contribution >= 4 is 23.6 Å². The van der Waals surface area contributed by atoms with Gasteiger partial charge in [-0.1, -0.05) is 0 Å². The van der Waals surface area contributed by atoms with Gasteiger partial charge >= 0.3 is 0 Å². The fourth-order valence-corrected chi connectivity index (χ4v) is 3.04. The third-order valence-corrected chi connectivity index (χ3v) is 4.95. The van der Waals surface area contributed by atoms with Crippen molar-refractivity contribution in [1.29, 1.82) is 0 Å². The molecular formula is C24H36N2O11. The van der Waals surface area contributed by atoms with Gasteiger partial charge in [0.15, 0.2) is 0 Å². The molecule has 2 aliphatic rings. The molecule has 37 heavy (non-hydrogen) atoms. The van der Waals surface area contributed by atoms with Crippen molar-refractivity contribution in [2.24, 2.45) is 0 Å². The van der Waals surface area contributed by atoms with Crippen LogP contribution in [0.2, 0.25) is 0 Å². The van der Waals surface area contributed by atoms with E-state index >= 15 is 0 Å². The first-order chi connectivity index (χ1) is 18.1. The van der Waals surface area contributed by atoms with Gasteiger partial charge in [0.25, 0.3) is 23.6 Å². The van der Waals surface area contributed by atoms with Gasteiger partial charge in [-0.05, 0) is 0 Å². The van der Waals surface area contributed by atoms with Crippen LogP contribution in [-0.4, -0.2) is 139 Å². The van der Waals surface area contributed by atoms with Crippen molar-refractivity contribution in [2.45, 2.75) is 0 Å². The summed E-state index contributed by atoms with van der Waals surface area (Å²) in [5.74, 6) is -1.25. The minimum absolute atomic E-state index is 0.233. The molecule has 2 rings (SSSR count). The Morgan fingerprint density at radius 2 is 0.541 bits per heavy atom. The largest absolute Gasteiger partial charge is 0.377 e. The molecule has 0 bridgehead atoms. The molecule has 0 fully saturated rings. The summed E-state index contributed by atoms with van der Waals surface area (Å²) in [7, 11) is 0. The Hall–Kier alpha value is -2.52. The van der Waals surface area contributed by atoms with Crippen molar-refractivity contribution in [3.8, 4) is 0 Å². The number of hydrogen-bond acceptors (Lipinski definition) is 11. The molecule has 0 saturated carbocycles. The van der Waals surface area contributed by atoms with E-state index in [2.05, 4.69) is 0 Å². The topological polar surface area (TPSA) is 139 Å². The van der Waals surface area contributed by atoms with E-state index in [1.807, 2.05) is 0 Å². The van der Waals surface area contributed by atoms with E-state index in [-0.39, 0.29) is 49.9 Å². The average Bonchev–Trinajstić information content (AvgIpc) is 3.39. The minimum Gasteiger partial charge on any atom is -0.377 e. The zero-order chi connectivity index (χ0) is 26.6. The molecule has 0 radical (unpaired) electrons. The van der Waals surface area contributed by atoms with Crippen molar-refractivity contribution in [3.63, 3.8) is 0 Å². The maximum Gasteiger partial charge on any atom is 0.253 e. The SMILES string of the molecule is O=C1C=CC(=O)N1CCOCCOCCOCCOCCOCCOCCOCCN1C(=O)C=CC1=O. The Balaban J connectivity index is 1.20. The number of imide groups is 2. The Morgan fingerprint density at radius 3 is 0.757 bits per heavy atom. The first kappa shape index (κ1) is 30.7. The van der Waals surface area contributed by atoms with E-state index in [0.717, 1.165) is 9.80 Å². The lowest BCUT2D eigenvalue weighted by Gasteiger charge is -2.13. The highest BCUT2D eigenvalue weighted by atomic mass is 16.6. The molecule has 0 aromatic heterocycles. The van der Waals surface area contributed by atoms with Crippen molar-refractivity contribution in [1.82, 2.24) is 9.80 Å². The normalized spacial score (nSPS) is 15.2. The van der Waals surface area contributed by atoms with Gasteiger partial charge in [0.2, 0.25) is 0 Å². The summed E-state index contributed by atoms with van der Waals surface area (Å²) in [5.41, 5.74) is 0. The van der Waals surface area contributed by atoms with Gasteiger partial charge in [-0.3, -0.25) is 29.0 Å². The molecule has 0 saturated heterocycles. The van der Waals surface area contributed by atoms with Crippen molar-refractivity contribution in [2.75, 3.05) is 106 Å². The summed E-state index contributed by atoms with van der Waals surface area (Å²) in [5, 5.41) is 0. The van der Waals surface area contributed by atoms with Crippen LogP contribution in [-0.2, 0) is 52.3 Å². The molecule has 13 nitrogen and oxygen atoms in total. The van der Waals surface area contributed by atoms with Crippen LogP contribution in [0.15, 0.2) is 24.3 Å². The average molecular weight is 529 g/mol. The quantitative estimate of drug-likeness (QED) is 0.112. The number of rotatable bonds is 24. The highest BCUT2D eigenvalue weighted by molar-refractivity contribution is 6.13. The second-order valence-corrected chi connectivity index (χ2v) is 7.61. The van der Waals surface area contributed by atoms with E-state index in [9.17, 15) is 19.2 Å². The number of hydrogen-bond donors (Lipinski definition) is 0. The van der Waals surface area contributed by atoms with E-state index in [0.29, 0.717) is 79.3 Å². The summed E-state index contributed by atoms with van der Waals surface area (Å²) in [6, 6.07) is 0. The smallest absolute Gasteiger partial charge is 0.253 e. The minimum atomic E-state index is -0.313. The van der Waals surface area contributed by atoms with Crippen molar-refractivity contribution < 1.29 is 52.3 Å². The van der Waals surface area contributed by atoms with Gasteiger partial charge < -0.3 is 33.2 Å². The number of ether oxygens (including phenoxy) is 7. The lowest BCUT2D eigenvalue weighted by molar-refractivity contribution is -0.139. The van der Waals surface area contributed by atoms with E-state index in [1.54, 1.807) is 0 Å². The molecule has 0 N–H and O–H groups in total. The van der Waals surface area contributed by atoms with Crippen LogP contribution in [0.5, 0.6) is 0 Å². The highest BCUT2D eigenvalue weighted by Crippen LogP contribution is 2.03. The molecule has 4 amide bonds. The van der Waals surface area contributed by atoms with Gasteiger partial charge in [-0.25, -0.2) is 0 Å². The fourth-order valence-electron chi connectivity index (χ4n) is 3.04. The highest BCUT2D eigenvalue weighted by Gasteiger charge is 2.23. The second-order valence-electron chi connectivity index (χ2n) is 7.61. The zero-order valence-corrected chi connectivity index (χ0v) is 21.0. The molecule has 2 aliphatic heterocycles. The lowest BCUT2D eigenvalue weighted by atomic mass is 10.5. The van der Waals surface area contributed by atoms with Gasteiger partial charge in [-0.2, -0.15) is 0 Å². The van der Waals surface area contributed by atoms with E-state index in [4.69, 9.17) is 33.2 Å². The molecule has 0 aromatic carbocycles. The summed E-state index contributed by atoms with van der Waals surface area (Å²) in [6.45, 7) is 6.09. The van der Waals surface area contributed by atoms with Gasteiger partial charge in [0, 0.05) is 24.3 Å². The summed E-state index contributed by atoms with van der Waals surface area (Å²) >= 11 is 0. The maximum absolute atomic E-state index is 11.4. The molecule has 0 spiro atoms. The zero-order valence-electron chi connectivity index (χ0n) is 21.0. The first-order valence-corrected chi connectivity index (χ1v) is 12.2. The number of amides is 4. The molecule has 0 aromatic rings. The first-order valence-electron chi connectivity index (χ1n) is 12.2. The monoisotopic (exact) mass is 528 g/mol. The van der Waals surface area contributed by atoms with Crippen LogP contribution in [0.25, 0.3) is 0 Å². The van der Waals surface area contributed by atoms with Gasteiger partial charge in [0.1, 0.15) is 0 Å². The molecule has 0 aliphatic carbocycles. The summed E-state index contributed by atoms with van der Waals surface area (Å²) < 4.78 is 37.6.